The molecule has 2 atom stereocenters. The number of carbonyl (C=O) groups is 1. The Balaban J connectivity index is 2.13. The lowest BCUT2D eigenvalue weighted by Gasteiger charge is -2.14. The molecule has 1 fully saturated rings. The van der Waals surface area contributed by atoms with Crippen molar-refractivity contribution in [3.63, 3.8) is 0 Å². The number of carbonyl (C=O) groups excluding carboxylic acids is 1. The number of cyclic esters (lactones) is 1. The molecule has 3 nitrogen and oxygen atoms in total. The maximum Gasteiger partial charge on any atom is 0.306 e. The lowest BCUT2D eigenvalue weighted by molar-refractivity contribution is -0.142. The molecule has 0 bridgehead atoms. The Hall–Kier alpha value is -0.570. The van der Waals surface area contributed by atoms with Gasteiger partial charge in [0.05, 0.1) is 6.10 Å². The lowest BCUT2D eigenvalue weighted by atomic mass is 10.0. The minimum atomic E-state index is -0.296. The maximum atomic E-state index is 10.7. The molecule has 0 amide bonds. The van der Waals surface area contributed by atoms with Crippen molar-refractivity contribution in [3.8, 4) is 0 Å². The minimum absolute atomic E-state index is 0.0284. The second-order valence-corrected chi connectivity index (χ2v) is 3.68. The van der Waals surface area contributed by atoms with Crippen LogP contribution in [0.5, 0.6) is 0 Å². The van der Waals surface area contributed by atoms with Crippen molar-refractivity contribution in [1.82, 2.24) is 0 Å². The van der Waals surface area contributed by atoms with E-state index in [-0.39, 0.29) is 18.2 Å². The average molecular weight is 186 g/mol. The predicted molar refractivity (Wildman–Crippen MR) is 49.3 cm³/mol. The molecule has 13 heavy (non-hydrogen) atoms. The Bertz CT molecular complexity index is 168. The Labute approximate surface area is 79.1 Å². The van der Waals surface area contributed by atoms with Crippen LogP contribution >= 0.6 is 0 Å². The molecule has 1 aliphatic rings. The van der Waals surface area contributed by atoms with E-state index < -0.39 is 0 Å². The van der Waals surface area contributed by atoms with E-state index in [0.717, 1.165) is 25.7 Å². The molecule has 1 aliphatic heterocycles. The highest BCUT2D eigenvalue weighted by molar-refractivity contribution is 5.71. The van der Waals surface area contributed by atoms with Crippen molar-refractivity contribution in [1.29, 1.82) is 0 Å². The Morgan fingerprint density at radius 1 is 1.69 bits per heavy atom. The van der Waals surface area contributed by atoms with Gasteiger partial charge in [-0.3, -0.25) is 4.79 Å². The first-order valence-electron chi connectivity index (χ1n) is 5.10. The molecule has 1 N–H and O–H groups in total. The van der Waals surface area contributed by atoms with Gasteiger partial charge >= 0.3 is 5.97 Å². The van der Waals surface area contributed by atoms with E-state index in [2.05, 4.69) is 6.92 Å². The van der Waals surface area contributed by atoms with Gasteiger partial charge in [-0.25, -0.2) is 0 Å². The second kappa shape index (κ2) is 5.22. The summed E-state index contributed by atoms with van der Waals surface area (Å²) in [5.74, 6) is -0.118. The van der Waals surface area contributed by atoms with Gasteiger partial charge in [-0.1, -0.05) is 19.8 Å². The molecule has 76 valence electrons. The van der Waals surface area contributed by atoms with Crippen LogP contribution in [0.3, 0.4) is 0 Å². The van der Waals surface area contributed by atoms with E-state index in [9.17, 15) is 9.90 Å². The first kappa shape index (κ1) is 10.5. The number of ether oxygens (including phenoxy) is 1. The summed E-state index contributed by atoms with van der Waals surface area (Å²) in [7, 11) is 0. The van der Waals surface area contributed by atoms with E-state index in [0.29, 0.717) is 12.8 Å². The van der Waals surface area contributed by atoms with E-state index >= 15 is 0 Å². The summed E-state index contributed by atoms with van der Waals surface area (Å²) in [5.41, 5.74) is 0. The summed E-state index contributed by atoms with van der Waals surface area (Å²) in [6, 6.07) is 0. The van der Waals surface area contributed by atoms with Gasteiger partial charge in [0.1, 0.15) is 6.10 Å². The minimum Gasteiger partial charge on any atom is -0.462 e. The largest absolute Gasteiger partial charge is 0.462 e. The molecule has 0 radical (unpaired) electrons. The topological polar surface area (TPSA) is 46.5 Å². The fourth-order valence-corrected chi connectivity index (χ4v) is 1.61. The summed E-state index contributed by atoms with van der Waals surface area (Å²) in [4.78, 5) is 10.7. The molecule has 0 aromatic rings. The van der Waals surface area contributed by atoms with Gasteiger partial charge in [-0.15, -0.1) is 0 Å². The molecule has 3 heteroatoms. The second-order valence-electron chi connectivity index (χ2n) is 3.68. The highest BCUT2D eigenvalue weighted by atomic mass is 16.5. The third kappa shape index (κ3) is 3.77. The molecule has 1 saturated heterocycles. The summed E-state index contributed by atoms with van der Waals surface area (Å²) in [6.45, 7) is 2.10. The fraction of sp³-hybridized carbons (Fsp3) is 0.900. The molecular formula is C10H18O3. The molecule has 0 aromatic heterocycles. The lowest BCUT2D eigenvalue weighted by Crippen LogP contribution is -2.17. The van der Waals surface area contributed by atoms with Crippen LogP contribution in [-0.2, 0) is 9.53 Å². The van der Waals surface area contributed by atoms with Crippen molar-refractivity contribution < 1.29 is 14.6 Å². The van der Waals surface area contributed by atoms with Crippen molar-refractivity contribution in [3.05, 3.63) is 0 Å². The smallest absolute Gasteiger partial charge is 0.306 e. The van der Waals surface area contributed by atoms with E-state index in [1.165, 1.54) is 0 Å². The summed E-state index contributed by atoms with van der Waals surface area (Å²) in [6.07, 6.45) is 4.56. The molecular weight excluding hydrogens is 168 g/mol. The quantitative estimate of drug-likeness (QED) is 0.664. The standard InChI is InChI=1S/C10H18O3/c1-2-3-4-8(11)7-9-5-6-10(12)13-9/h8-9,11H,2-7H2,1H3/t8-,9-/m0/s1. The van der Waals surface area contributed by atoms with Crippen LogP contribution < -0.4 is 0 Å². The molecule has 0 aromatic carbocycles. The number of esters is 1. The number of aliphatic hydroxyl groups is 1. The maximum absolute atomic E-state index is 10.7. The molecule has 0 saturated carbocycles. The van der Waals surface area contributed by atoms with Crippen LogP contribution in [0, 0.1) is 0 Å². The number of rotatable bonds is 5. The van der Waals surface area contributed by atoms with Crippen molar-refractivity contribution >= 4 is 5.97 Å². The van der Waals surface area contributed by atoms with Gasteiger partial charge in [0, 0.05) is 12.8 Å². The molecule has 1 rings (SSSR count). The third-order valence-corrected chi connectivity index (χ3v) is 2.39. The van der Waals surface area contributed by atoms with Crippen molar-refractivity contribution in [2.75, 3.05) is 0 Å². The van der Waals surface area contributed by atoms with Crippen molar-refractivity contribution in [2.45, 2.75) is 57.7 Å². The van der Waals surface area contributed by atoms with Crippen LogP contribution in [0.2, 0.25) is 0 Å². The first-order valence-corrected chi connectivity index (χ1v) is 5.10. The molecule has 1 heterocycles. The Kier molecular flexibility index (Phi) is 4.22. The molecule has 0 aliphatic carbocycles. The summed E-state index contributed by atoms with van der Waals surface area (Å²) < 4.78 is 5.01. The highest BCUT2D eigenvalue weighted by Crippen LogP contribution is 2.19. The SMILES string of the molecule is CCCC[C@H](O)C[C@@H]1CCC(=O)O1. The van der Waals surface area contributed by atoms with Gasteiger partial charge < -0.3 is 9.84 Å². The number of hydrogen-bond donors (Lipinski definition) is 1. The average Bonchev–Trinajstić information content (AvgIpc) is 2.48. The zero-order chi connectivity index (χ0) is 9.68. The van der Waals surface area contributed by atoms with E-state index in [1.807, 2.05) is 0 Å². The number of unbranched alkanes of at least 4 members (excludes halogenated alkanes) is 1. The van der Waals surface area contributed by atoms with Gasteiger partial charge in [0.15, 0.2) is 0 Å². The van der Waals surface area contributed by atoms with Gasteiger partial charge in [-0.05, 0) is 12.8 Å². The van der Waals surface area contributed by atoms with Crippen LogP contribution in [-0.4, -0.2) is 23.3 Å². The summed E-state index contributed by atoms with van der Waals surface area (Å²) in [5, 5.41) is 9.54. The molecule has 0 spiro atoms. The van der Waals surface area contributed by atoms with Gasteiger partial charge in [-0.2, -0.15) is 0 Å². The van der Waals surface area contributed by atoms with Crippen LogP contribution in [0.15, 0.2) is 0 Å². The van der Waals surface area contributed by atoms with Crippen LogP contribution in [0.25, 0.3) is 0 Å². The Morgan fingerprint density at radius 2 is 2.46 bits per heavy atom. The van der Waals surface area contributed by atoms with Crippen molar-refractivity contribution in [2.24, 2.45) is 0 Å². The first-order chi connectivity index (χ1) is 6.22. The predicted octanol–water partition coefficient (Wildman–Crippen LogP) is 1.63. The zero-order valence-corrected chi connectivity index (χ0v) is 8.16. The molecule has 0 unspecified atom stereocenters. The van der Waals surface area contributed by atoms with Crippen LogP contribution in [0.4, 0.5) is 0 Å². The number of hydrogen-bond acceptors (Lipinski definition) is 3. The van der Waals surface area contributed by atoms with Gasteiger partial charge in [0.25, 0.3) is 0 Å². The normalized spacial score (nSPS) is 24.5. The summed E-state index contributed by atoms with van der Waals surface area (Å²) >= 11 is 0. The van der Waals surface area contributed by atoms with Gasteiger partial charge in [0.2, 0.25) is 0 Å². The fourth-order valence-electron chi connectivity index (χ4n) is 1.61. The van der Waals surface area contributed by atoms with Crippen LogP contribution in [0.1, 0.15) is 45.4 Å². The Morgan fingerprint density at radius 3 is 3.00 bits per heavy atom. The van der Waals surface area contributed by atoms with E-state index in [4.69, 9.17) is 4.74 Å². The third-order valence-electron chi connectivity index (χ3n) is 2.39. The highest BCUT2D eigenvalue weighted by Gasteiger charge is 2.25. The van der Waals surface area contributed by atoms with E-state index in [1.54, 1.807) is 0 Å². The monoisotopic (exact) mass is 186 g/mol. The zero-order valence-electron chi connectivity index (χ0n) is 8.16. The number of aliphatic hydroxyl groups excluding tert-OH is 1.